The second kappa shape index (κ2) is 8.35. The van der Waals surface area contributed by atoms with Gasteiger partial charge in [-0.2, -0.15) is 0 Å². The van der Waals surface area contributed by atoms with Crippen molar-refractivity contribution in [2.75, 3.05) is 13.7 Å². The lowest BCUT2D eigenvalue weighted by Gasteiger charge is -2.07. The lowest BCUT2D eigenvalue weighted by molar-refractivity contribution is -0.143. The molecule has 2 heterocycles. The molecule has 140 valence electrons. The van der Waals surface area contributed by atoms with E-state index in [1.165, 1.54) is 0 Å². The number of esters is 1. The molecule has 0 atom stereocenters. The van der Waals surface area contributed by atoms with E-state index in [0.717, 1.165) is 11.3 Å². The number of hydrogen-bond donors (Lipinski definition) is 0. The number of benzene rings is 1. The first kappa shape index (κ1) is 18.4. The van der Waals surface area contributed by atoms with Crippen LogP contribution in [-0.2, 0) is 25.7 Å². The van der Waals surface area contributed by atoms with Crippen molar-refractivity contribution in [3.05, 3.63) is 59.4 Å². The normalized spacial score (nSPS) is 14.8. The van der Waals surface area contributed by atoms with Gasteiger partial charge in [-0.05, 0) is 49.4 Å². The van der Waals surface area contributed by atoms with Crippen molar-refractivity contribution in [3.8, 4) is 5.75 Å². The zero-order valence-electron chi connectivity index (χ0n) is 15.2. The highest BCUT2D eigenvalue weighted by atomic mass is 16.7. The average molecular weight is 368 g/mol. The van der Waals surface area contributed by atoms with E-state index in [4.69, 9.17) is 14.3 Å². The summed E-state index contributed by atoms with van der Waals surface area (Å²) < 4.78 is 12.0. The Bertz CT molecular complexity index is 893. The maximum atomic E-state index is 12.2. The summed E-state index contributed by atoms with van der Waals surface area (Å²) in [7, 11) is 1.59. The first-order valence-electron chi connectivity index (χ1n) is 8.59. The Labute approximate surface area is 156 Å². The van der Waals surface area contributed by atoms with Gasteiger partial charge in [0.15, 0.2) is 0 Å². The molecular weight excluding hydrogens is 348 g/mol. The Kier molecular flexibility index (Phi) is 5.71. The predicted molar refractivity (Wildman–Crippen MR) is 99.3 cm³/mol. The van der Waals surface area contributed by atoms with Crippen molar-refractivity contribution in [1.82, 2.24) is 4.57 Å². The lowest BCUT2D eigenvalue weighted by atomic mass is 10.0. The first-order valence-corrected chi connectivity index (χ1v) is 8.59. The summed E-state index contributed by atoms with van der Waals surface area (Å²) in [5.74, 6) is -0.0625. The number of carbonyl (C=O) groups excluding carboxylic acids is 2. The fourth-order valence-corrected chi connectivity index (χ4v) is 2.72. The van der Waals surface area contributed by atoms with Crippen molar-refractivity contribution in [2.45, 2.75) is 19.9 Å². The van der Waals surface area contributed by atoms with Crippen LogP contribution >= 0.6 is 0 Å². The molecule has 7 nitrogen and oxygen atoms in total. The Morgan fingerprint density at radius 2 is 2.04 bits per heavy atom. The van der Waals surface area contributed by atoms with Crippen LogP contribution in [0.25, 0.3) is 6.08 Å². The van der Waals surface area contributed by atoms with Gasteiger partial charge in [-0.3, -0.25) is 4.79 Å². The van der Waals surface area contributed by atoms with E-state index in [1.54, 1.807) is 32.2 Å². The third kappa shape index (κ3) is 4.25. The first-order chi connectivity index (χ1) is 13.1. The van der Waals surface area contributed by atoms with Crippen molar-refractivity contribution in [2.24, 2.45) is 5.16 Å². The Balaban J connectivity index is 1.82. The van der Waals surface area contributed by atoms with Gasteiger partial charge in [-0.25, -0.2) is 4.79 Å². The lowest BCUT2D eigenvalue weighted by Crippen LogP contribution is -2.10. The van der Waals surface area contributed by atoms with E-state index in [2.05, 4.69) is 5.16 Å². The number of oxime groups is 1. The minimum atomic E-state index is -0.515. The molecule has 0 fully saturated rings. The molecule has 0 unspecified atom stereocenters. The van der Waals surface area contributed by atoms with Gasteiger partial charge in [0, 0.05) is 24.0 Å². The fraction of sp³-hybridized carbons (Fsp3) is 0.250. The molecule has 0 N–H and O–H groups in total. The van der Waals surface area contributed by atoms with Crippen molar-refractivity contribution < 1.29 is 23.9 Å². The second-order valence-electron chi connectivity index (χ2n) is 5.79. The maximum Gasteiger partial charge on any atom is 0.368 e. The fourth-order valence-electron chi connectivity index (χ4n) is 2.72. The van der Waals surface area contributed by atoms with Gasteiger partial charge in [0.1, 0.15) is 11.5 Å². The van der Waals surface area contributed by atoms with Gasteiger partial charge in [-0.15, -0.1) is 0 Å². The number of ether oxygens (including phenoxy) is 2. The SMILES string of the molecule is CCOC(=O)CCn1cccc1C=C1C(=O)ON=C1c1ccc(OC)cc1. The highest BCUT2D eigenvalue weighted by molar-refractivity contribution is 6.31. The standard InChI is InChI=1S/C20H20N2O5/c1-3-26-18(23)10-12-22-11-4-5-15(22)13-17-19(21-27-20(17)24)14-6-8-16(25-2)9-7-14/h4-9,11,13H,3,10,12H2,1-2H3. The highest BCUT2D eigenvalue weighted by Gasteiger charge is 2.27. The average Bonchev–Trinajstić information content (AvgIpc) is 3.28. The van der Waals surface area contributed by atoms with Crippen LogP contribution in [0.2, 0.25) is 0 Å². The third-order valence-electron chi connectivity index (χ3n) is 4.08. The van der Waals surface area contributed by atoms with E-state index in [9.17, 15) is 9.59 Å². The number of rotatable bonds is 7. The molecule has 0 saturated heterocycles. The second-order valence-corrected chi connectivity index (χ2v) is 5.79. The topological polar surface area (TPSA) is 79.1 Å². The van der Waals surface area contributed by atoms with E-state index < -0.39 is 5.97 Å². The number of nitrogens with zero attached hydrogens (tertiary/aromatic N) is 2. The number of aryl methyl sites for hydroxylation is 1. The molecule has 27 heavy (non-hydrogen) atoms. The summed E-state index contributed by atoms with van der Waals surface area (Å²) in [5, 5.41) is 3.91. The Hall–Kier alpha value is -3.35. The Morgan fingerprint density at radius 1 is 1.26 bits per heavy atom. The smallest absolute Gasteiger partial charge is 0.368 e. The summed E-state index contributed by atoms with van der Waals surface area (Å²) in [6.07, 6.45) is 3.81. The van der Waals surface area contributed by atoms with Crippen LogP contribution in [0.15, 0.2) is 53.3 Å². The number of aromatic nitrogens is 1. The quantitative estimate of drug-likeness (QED) is 0.427. The van der Waals surface area contributed by atoms with Crippen LogP contribution in [0.3, 0.4) is 0 Å². The van der Waals surface area contributed by atoms with E-state index in [0.29, 0.717) is 30.2 Å². The monoisotopic (exact) mass is 368 g/mol. The van der Waals surface area contributed by atoms with Crippen molar-refractivity contribution >= 4 is 23.7 Å². The molecule has 1 aromatic carbocycles. The number of carbonyl (C=O) groups is 2. The molecule has 0 spiro atoms. The predicted octanol–water partition coefficient (Wildman–Crippen LogP) is 2.79. The minimum absolute atomic E-state index is 0.253. The van der Waals surface area contributed by atoms with Crippen molar-refractivity contribution in [3.63, 3.8) is 0 Å². The summed E-state index contributed by atoms with van der Waals surface area (Å²) in [6, 6.07) is 10.9. The van der Waals surface area contributed by atoms with E-state index in [-0.39, 0.29) is 12.4 Å². The van der Waals surface area contributed by atoms with E-state index in [1.807, 2.05) is 35.0 Å². The molecule has 0 aliphatic carbocycles. The highest BCUT2D eigenvalue weighted by Crippen LogP contribution is 2.22. The van der Waals surface area contributed by atoms with Gasteiger partial charge in [0.05, 0.1) is 25.7 Å². The van der Waals surface area contributed by atoms with Gasteiger partial charge >= 0.3 is 11.9 Å². The molecular formula is C20H20N2O5. The summed E-state index contributed by atoms with van der Waals surface area (Å²) >= 11 is 0. The molecule has 0 amide bonds. The minimum Gasteiger partial charge on any atom is -0.497 e. The summed E-state index contributed by atoms with van der Waals surface area (Å²) in [4.78, 5) is 28.6. The van der Waals surface area contributed by atoms with Crippen LogP contribution in [-0.4, -0.2) is 35.9 Å². The van der Waals surface area contributed by atoms with Crippen LogP contribution in [0.4, 0.5) is 0 Å². The molecule has 3 rings (SSSR count). The molecule has 1 aliphatic rings. The number of hydrogen-bond acceptors (Lipinski definition) is 6. The molecule has 1 aliphatic heterocycles. The molecule has 1 aromatic heterocycles. The van der Waals surface area contributed by atoms with Crippen LogP contribution in [0.5, 0.6) is 5.75 Å². The summed E-state index contributed by atoms with van der Waals surface area (Å²) in [5.41, 5.74) is 2.34. The summed E-state index contributed by atoms with van der Waals surface area (Å²) in [6.45, 7) is 2.58. The molecule has 0 bridgehead atoms. The van der Waals surface area contributed by atoms with Gasteiger partial charge in [-0.1, -0.05) is 5.16 Å². The van der Waals surface area contributed by atoms with Crippen LogP contribution < -0.4 is 4.74 Å². The third-order valence-corrected chi connectivity index (χ3v) is 4.08. The van der Waals surface area contributed by atoms with Gasteiger partial charge < -0.3 is 18.9 Å². The molecule has 0 radical (unpaired) electrons. The Morgan fingerprint density at radius 3 is 2.74 bits per heavy atom. The van der Waals surface area contributed by atoms with Gasteiger partial charge in [0.25, 0.3) is 0 Å². The largest absolute Gasteiger partial charge is 0.497 e. The molecule has 2 aromatic rings. The van der Waals surface area contributed by atoms with E-state index >= 15 is 0 Å². The van der Waals surface area contributed by atoms with Crippen LogP contribution in [0.1, 0.15) is 24.6 Å². The molecule has 7 heteroatoms. The van der Waals surface area contributed by atoms with Crippen molar-refractivity contribution in [1.29, 1.82) is 0 Å². The van der Waals surface area contributed by atoms with Crippen LogP contribution in [0, 0.1) is 0 Å². The zero-order valence-corrected chi connectivity index (χ0v) is 15.2. The number of methoxy groups -OCH3 is 1. The molecule has 0 saturated carbocycles. The zero-order chi connectivity index (χ0) is 19.2. The van der Waals surface area contributed by atoms with Gasteiger partial charge in [0.2, 0.25) is 0 Å². The maximum absolute atomic E-state index is 12.2.